The van der Waals surface area contributed by atoms with Gasteiger partial charge in [-0.25, -0.2) is 9.59 Å². The van der Waals surface area contributed by atoms with Crippen LogP contribution in [-0.2, 0) is 9.47 Å². The van der Waals surface area contributed by atoms with Gasteiger partial charge in [0.25, 0.3) is 0 Å². The van der Waals surface area contributed by atoms with E-state index in [4.69, 9.17) is 9.47 Å². The summed E-state index contributed by atoms with van der Waals surface area (Å²) in [5, 5.41) is 0. The molecule has 0 amide bonds. The Kier molecular flexibility index (Phi) is 4.77. The van der Waals surface area contributed by atoms with Gasteiger partial charge < -0.3 is 9.47 Å². The van der Waals surface area contributed by atoms with Gasteiger partial charge in [0.05, 0.1) is 11.1 Å². The van der Waals surface area contributed by atoms with Crippen molar-refractivity contribution in [2.75, 3.05) is 13.2 Å². The van der Waals surface area contributed by atoms with Gasteiger partial charge in [0.2, 0.25) is 0 Å². The molecule has 0 radical (unpaired) electrons. The molecule has 0 aromatic carbocycles. The second-order valence-electron chi connectivity index (χ2n) is 3.74. The summed E-state index contributed by atoms with van der Waals surface area (Å²) in [5.74, 6) is -0.959. The highest BCUT2D eigenvalue weighted by molar-refractivity contribution is 5.89. The number of esters is 2. The van der Waals surface area contributed by atoms with Crippen molar-refractivity contribution in [3.8, 4) is 0 Å². The van der Waals surface area contributed by atoms with Gasteiger partial charge in [-0.15, -0.1) is 0 Å². The Balaban J connectivity index is 1.72. The summed E-state index contributed by atoms with van der Waals surface area (Å²) < 4.78 is 9.92. The molecule has 6 heteroatoms. The molecule has 2 rings (SSSR count). The van der Waals surface area contributed by atoms with Crippen LogP contribution in [-0.4, -0.2) is 35.1 Å². The topological polar surface area (TPSA) is 78.4 Å². The van der Waals surface area contributed by atoms with E-state index in [0.29, 0.717) is 11.1 Å². The molecule has 0 saturated heterocycles. The average Bonchev–Trinajstić information content (AvgIpc) is 2.53. The maximum atomic E-state index is 11.6. The number of carbonyl (C=O) groups is 2. The summed E-state index contributed by atoms with van der Waals surface area (Å²) in [5.41, 5.74) is 0.806. The number of aromatic nitrogens is 2. The summed E-state index contributed by atoms with van der Waals surface area (Å²) in [6.45, 7) is -0.00401. The van der Waals surface area contributed by atoms with Crippen molar-refractivity contribution in [3.63, 3.8) is 0 Å². The lowest BCUT2D eigenvalue weighted by Crippen LogP contribution is -2.14. The lowest BCUT2D eigenvalue weighted by atomic mass is 10.3. The van der Waals surface area contributed by atoms with Crippen LogP contribution in [0.15, 0.2) is 49.1 Å². The number of hydrogen-bond donors (Lipinski definition) is 0. The monoisotopic (exact) mass is 272 g/mol. The second-order valence-corrected chi connectivity index (χ2v) is 3.74. The third kappa shape index (κ3) is 3.88. The Labute approximate surface area is 115 Å². The Morgan fingerprint density at radius 1 is 0.750 bits per heavy atom. The number of carbonyl (C=O) groups excluding carboxylic acids is 2. The van der Waals surface area contributed by atoms with Gasteiger partial charge in [-0.05, 0) is 24.3 Å². The molecule has 102 valence electrons. The van der Waals surface area contributed by atoms with E-state index in [0.717, 1.165) is 0 Å². The van der Waals surface area contributed by atoms with Crippen LogP contribution >= 0.6 is 0 Å². The molecular formula is C14H12N2O4. The standard InChI is InChI=1S/C14H12N2O4/c17-13(11-1-5-15-6-2-11)19-9-10-20-14(18)12-3-7-16-8-4-12/h1-8H,9-10H2. The lowest BCUT2D eigenvalue weighted by molar-refractivity contribution is 0.0265. The van der Waals surface area contributed by atoms with Crippen LogP contribution in [0.4, 0.5) is 0 Å². The summed E-state index contributed by atoms with van der Waals surface area (Å²) in [4.78, 5) is 30.7. The number of nitrogens with zero attached hydrogens (tertiary/aromatic N) is 2. The van der Waals surface area contributed by atoms with E-state index in [1.165, 1.54) is 24.8 Å². The van der Waals surface area contributed by atoms with Gasteiger partial charge >= 0.3 is 11.9 Å². The molecule has 20 heavy (non-hydrogen) atoms. The first-order valence-electron chi connectivity index (χ1n) is 5.91. The molecular weight excluding hydrogens is 260 g/mol. The van der Waals surface area contributed by atoms with Gasteiger partial charge in [-0.1, -0.05) is 0 Å². The Morgan fingerprint density at radius 3 is 1.45 bits per heavy atom. The maximum Gasteiger partial charge on any atom is 0.338 e. The van der Waals surface area contributed by atoms with E-state index >= 15 is 0 Å². The van der Waals surface area contributed by atoms with Crippen LogP contribution < -0.4 is 0 Å². The molecule has 2 aromatic heterocycles. The van der Waals surface area contributed by atoms with Crippen LogP contribution in [0.25, 0.3) is 0 Å². The van der Waals surface area contributed by atoms with Crippen LogP contribution in [0.2, 0.25) is 0 Å². The zero-order valence-corrected chi connectivity index (χ0v) is 10.6. The van der Waals surface area contributed by atoms with Crippen LogP contribution in [0.3, 0.4) is 0 Å². The first-order chi connectivity index (χ1) is 9.77. The van der Waals surface area contributed by atoms with Crippen molar-refractivity contribution in [2.24, 2.45) is 0 Å². The number of hydrogen-bond acceptors (Lipinski definition) is 6. The van der Waals surface area contributed by atoms with Gasteiger partial charge in [0.15, 0.2) is 0 Å². The van der Waals surface area contributed by atoms with Crippen molar-refractivity contribution in [1.29, 1.82) is 0 Å². The zero-order chi connectivity index (χ0) is 14.2. The molecule has 0 bridgehead atoms. The molecule has 2 aromatic rings. The van der Waals surface area contributed by atoms with Gasteiger partial charge in [-0.3, -0.25) is 9.97 Å². The molecule has 0 aliphatic carbocycles. The largest absolute Gasteiger partial charge is 0.458 e. The molecule has 6 nitrogen and oxygen atoms in total. The van der Waals surface area contributed by atoms with E-state index in [-0.39, 0.29) is 13.2 Å². The van der Waals surface area contributed by atoms with E-state index in [9.17, 15) is 9.59 Å². The van der Waals surface area contributed by atoms with Crippen molar-refractivity contribution >= 4 is 11.9 Å². The van der Waals surface area contributed by atoms with Crippen molar-refractivity contribution in [3.05, 3.63) is 60.2 Å². The molecule has 0 saturated carbocycles. The summed E-state index contributed by atoms with van der Waals surface area (Å²) in [6.07, 6.45) is 6.00. The number of pyridine rings is 2. The SMILES string of the molecule is O=C(OCCOC(=O)c1ccncc1)c1ccncc1. The smallest absolute Gasteiger partial charge is 0.338 e. The van der Waals surface area contributed by atoms with Gasteiger partial charge in [-0.2, -0.15) is 0 Å². The summed E-state index contributed by atoms with van der Waals surface area (Å²) in [6, 6.07) is 6.19. The average molecular weight is 272 g/mol. The van der Waals surface area contributed by atoms with E-state index < -0.39 is 11.9 Å². The minimum absolute atomic E-state index is 0.00200. The molecule has 0 atom stereocenters. The fourth-order valence-corrected chi connectivity index (χ4v) is 1.41. The highest BCUT2D eigenvalue weighted by Gasteiger charge is 2.08. The summed E-state index contributed by atoms with van der Waals surface area (Å²) >= 11 is 0. The molecule has 0 fully saturated rings. The van der Waals surface area contributed by atoms with E-state index in [1.54, 1.807) is 24.3 Å². The fourth-order valence-electron chi connectivity index (χ4n) is 1.41. The molecule has 0 aliphatic heterocycles. The highest BCUT2D eigenvalue weighted by atomic mass is 16.6. The van der Waals surface area contributed by atoms with Crippen molar-refractivity contribution in [2.45, 2.75) is 0 Å². The third-order valence-electron chi connectivity index (χ3n) is 2.38. The lowest BCUT2D eigenvalue weighted by Gasteiger charge is -2.06. The van der Waals surface area contributed by atoms with E-state index in [2.05, 4.69) is 9.97 Å². The second kappa shape index (κ2) is 6.98. The van der Waals surface area contributed by atoms with Gasteiger partial charge in [0.1, 0.15) is 13.2 Å². The Bertz CT molecular complexity index is 519. The number of rotatable bonds is 5. The quantitative estimate of drug-likeness (QED) is 0.606. The zero-order valence-electron chi connectivity index (χ0n) is 10.6. The predicted molar refractivity (Wildman–Crippen MR) is 69.0 cm³/mol. The maximum absolute atomic E-state index is 11.6. The molecule has 0 spiro atoms. The minimum atomic E-state index is -0.479. The first kappa shape index (κ1) is 13.7. The first-order valence-corrected chi connectivity index (χ1v) is 5.91. The predicted octanol–water partition coefficient (Wildman–Crippen LogP) is 1.49. The normalized spacial score (nSPS) is 9.80. The van der Waals surface area contributed by atoms with Crippen LogP contribution in [0.5, 0.6) is 0 Å². The summed E-state index contributed by atoms with van der Waals surface area (Å²) in [7, 11) is 0. The fraction of sp³-hybridized carbons (Fsp3) is 0.143. The Morgan fingerprint density at radius 2 is 1.10 bits per heavy atom. The highest BCUT2D eigenvalue weighted by Crippen LogP contribution is 2.01. The minimum Gasteiger partial charge on any atom is -0.458 e. The van der Waals surface area contributed by atoms with E-state index in [1.807, 2.05) is 0 Å². The van der Waals surface area contributed by atoms with Crippen LogP contribution in [0, 0.1) is 0 Å². The third-order valence-corrected chi connectivity index (χ3v) is 2.38. The molecule has 0 unspecified atom stereocenters. The molecule has 0 N–H and O–H groups in total. The number of ether oxygens (including phenoxy) is 2. The Hall–Kier alpha value is -2.76. The van der Waals surface area contributed by atoms with Crippen LogP contribution in [0.1, 0.15) is 20.7 Å². The van der Waals surface area contributed by atoms with Gasteiger partial charge in [0, 0.05) is 24.8 Å². The van der Waals surface area contributed by atoms with Crippen molar-refractivity contribution in [1.82, 2.24) is 9.97 Å². The van der Waals surface area contributed by atoms with Crippen molar-refractivity contribution < 1.29 is 19.1 Å². The molecule has 0 aliphatic rings. The molecule has 2 heterocycles.